The third kappa shape index (κ3) is 3.28. The van der Waals surface area contributed by atoms with E-state index in [1.807, 2.05) is 18.3 Å². The minimum absolute atomic E-state index is 0.388. The van der Waals surface area contributed by atoms with Crippen LogP contribution in [0.2, 0.25) is 0 Å². The highest BCUT2D eigenvalue weighted by Crippen LogP contribution is 2.34. The second-order valence-electron chi connectivity index (χ2n) is 6.65. The van der Waals surface area contributed by atoms with Crippen LogP contribution in [0.5, 0.6) is 0 Å². The Bertz CT molecular complexity index is 647. The summed E-state index contributed by atoms with van der Waals surface area (Å²) in [6, 6.07) is 2.48. The van der Waals surface area contributed by atoms with E-state index in [1.54, 1.807) is 0 Å². The summed E-state index contributed by atoms with van der Waals surface area (Å²) in [6.45, 7) is 6.40. The first-order valence-electron chi connectivity index (χ1n) is 8.66. The SMILES string of the molecule is Cc1cc(C2CCCCN2Cc2cnc(N3CCCC3)s2)no1. The van der Waals surface area contributed by atoms with Crippen LogP contribution in [0.4, 0.5) is 5.13 Å². The van der Waals surface area contributed by atoms with Gasteiger partial charge in [0, 0.05) is 36.8 Å². The Morgan fingerprint density at radius 1 is 1.22 bits per heavy atom. The van der Waals surface area contributed by atoms with Gasteiger partial charge in [-0.2, -0.15) is 0 Å². The molecule has 23 heavy (non-hydrogen) atoms. The molecule has 124 valence electrons. The maximum atomic E-state index is 5.29. The van der Waals surface area contributed by atoms with Gasteiger partial charge in [-0.3, -0.25) is 4.90 Å². The van der Waals surface area contributed by atoms with Crippen LogP contribution < -0.4 is 4.90 Å². The zero-order valence-corrected chi connectivity index (χ0v) is 14.5. The van der Waals surface area contributed by atoms with Crippen LogP contribution in [-0.4, -0.2) is 34.7 Å². The van der Waals surface area contributed by atoms with E-state index in [1.165, 1.54) is 42.1 Å². The number of aromatic nitrogens is 2. The van der Waals surface area contributed by atoms with E-state index in [0.29, 0.717) is 6.04 Å². The molecule has 4 heterocycles. The lowest BCUT2D eigenvalue weighted by atomic mass is 9.99. The Morgan fingerprint density at radius 3 is 2.83 bits per heavy atom. The molecule has 0 aliphatic carbocycles. The summed E-state index contributed by atoms with van der Waals surface area (Å²) in [5, 5.41) is 5.46. The Kier molecular flexibility index (Phi) is 4.35. The quantitative estimate of drug-likeness (QED) is 0.853. The second kappa shape index (κ2) is 6.61. The molecule has 0 aromatic carbocycles. The van der Waals surface area contributed by atoms with Gasteiger partial charge in [0.05, 0.1) is 6.04 Å². The van der Waals surface area contributed by atoms with Gasteiger partial charge in [-0.25, -0.2) is 4.98 Å². The minimum atomic E-state index is 0.388. The topological polar surface area (TPSA) is 45.4 Å². The highest BCUT2D eigenvalue weighted by molar-refractivity contribution is 7.15. The van der Waals surface area contributed by atoms with E-state index in [0.717, 1.165) is 37.6 Å². The van der Waals surface area contributed by atoms with Crippen LogP contribution in [0.3, 0.4) is 0 Å². The van der Waals surface area contributed by atoms with Crippen molar-refractivity contribution in [2.24, 2.45) is 0 Å². The van der Waals surface area contributed by atoms with Gasteiger partial charge < -0.3 is 9.42 Å². The number of rotatable bonds is 4. The molecule has 0 N–H and O–H groups in total. The van der Waals surface area contributed by atoms with Crippen LogP contribution in [0.25, 0.3) is 0 Å². The lowest BCUT2D eigenvalue weighted by molar-refractivity contribution is 0.135. The predicted molar refractivity (Wildman–Crippen MR) is 91.8 cm³/mol. The van der Waals surface area contributed by atoms with Gasteiger partial charge in [0.2, 0.25) is 0 Å². The third-order valence-corrected chi connectivity index (χ3v) is 5.92. The Hall–Kier alpha value is -1.40. The average Bonchev–Trinajstić information content (AvgIpc) is 3.28. The van der Waals surface area contributed by atoms with Crippen molar-refractivity contribution in [3.05, 3.63) is 28.6 Å². The summed E-state index contributed by atoms with van der Waals surface area (Å²) in [5.74, 6) is 0.902. The molecule has 4 rings (SSSR count). The number of anilines is 1. The van der Waals surface area contributed by atoms with Crippen molar-refractivity contribution in [2.75, 3.05) is 24.5 Å². The Morgan fingerprint density at radius 2 is 2.04 bits per heavy atom. The molecule has 0 amide bonds. The molecule has 0 saturated carbocycles. The molecule has 1 atom stereocenters. The minimum Gasteiger partial charge on any atom is -0.361 e. The number of aryl methyl sites for hydroxylation is 1. The van der Waals surface area contributed by atoms with Gasteiger partial charge in [-0.1, -0.05) is 11.6 Å². The van der Waals surface area contributed by atoms with Gasteiger partial charge in [0.25, 0.3) is 0 Å². The number of hydrogen-bond donors (Lipinski definition) is 0. The summed E-state index contributed by atoms with van der Waals surface area (Å²) in [6.07, 6.45) is 8.38. The summed E-state index contributed by atoms with van der Waals surface area (Å²) in [7, 11) is 0. The molecular weight excluding hydrogens is 308 g/mol. The Labute approximate surface area is 141 Å². The fraction of sp³-hybridized carbons (Fsp3) is 0.647. The number of thiazole rings is 1. The first kappa shape index (κ1) is 15.1. The van der Waals surface area contributed by atoms with Crippen LogP contribution in [0, 0.1) is 6.92 Å². The van der Waals surface area contributed by atoms with Crippen molar-refractivity contribution in [3.8, 4) is 0 Å². The number of hydrogen-bond acceptors (Lipinski definition) is 6. The van der Waals surface area contributed by atoms with Gasteiger partial charge in [0.15, 0.2) is 5.13 Å². The van der Waals surface area contributed by atoms with Gasteiger partial charge in [-0.15, -0.1) is 11.3 Å². The highest BCUT2D eigenvalue weighted by atomic mass is 32.1. The third-order valence-electron chi connectivity index (χ3n) is 4.88. The molecule has 0 radical (unpaired) electrons. The van der Waals surface area contributed by atoms with Crippen LogP contribution in [0.1, 0.15) is 54.5 Å². The van der Waals surface area contributed by atoms with Crippen molar-refractivity contribution in [1.29, 1.82) is 0 Å². The molecule has 1 unspecified atom stereocenters. The number of piperidine rings is 1. The molecule has 2 aromatic heterocycles. The van der Waals surface area contributed by atoms with Gasteiger partial charge in [0.1, 0.15) is 11.5 Å². The molecule has 5 nitrogen and oxygen atoms in total. The van der Waals surface area contributed by atoms with E-state index in [9.17, 15) is 0 Å². The number of likely N-dealkylation sites (tertiary alicyclic amines) is 1. The highest BCUT2D eigenvalue weighted by Gasteiger charge is 2.27. The van der Waals surface area contributed by atoms with Gasteiger partial charge >= 0.3 is 0 Å². The van der Waals surface area contributed by atoms with E-state index in [2.05, 4.69) is 32.2 Å². The van der Waals surface area contributed by atoms with Crippen molar-refractivity contribution in [2.45, 2.75) is 51.6 Å². The van der Waals surface area contributed by atoms with E-state index < -0.39 is 0 Å². The fourth-order valence-corrected chi connectivity index (χ4v) is 4.67. The van der Waals surface area contributed by atoms with Crippen molar-refractivity contribution >= 4 is 16.5 Å². The molecule has 2 fully saturated rings. The van der Waals surface area contributed by atoms with Crippen LogP contribution in [-0.2, 0) is 6.54 Å². The summed E-state index contributed by atoms with van der Waals surface area (Å²) < 4.78 is 5.29. The lowest BCUT2D eigenvalue weighted by Gasteiger charge is -2.33. The number of nitrogens with zero attached hydrogens (tertiary/aromatic N) is 4. The van der Waals surface area contributed by atoms with Gasteiger partial charge in [-0.05, 0) is 39.2 Å². The average molecular weight is 332 g/mol. The van der Waals surface area contributed by atoms with Crippen LogP contribution >= 0.6 is 11.3 Å². The van der Waals surface area contributed by atoms with E-state index in [4.69, 9.17) is 4.52 Å². The monoisotopic (exact) mass is 332 g/mol. The zero-order chi connectivity index (χ0) is 15.6. The van der Waals surface area contributed by atoms with Crippen molar-refractivity contribution in [1.82, 2.24) is 15.0 Å². The largest absolute Gasteiger partial charge is 0.361 e. The van der Waals surface area contributed by atoms with Crippen molar-refractivity contribution < 1.29 is 4.52 Å². The molecule has 2 aliphatic heterocycles. The second-order valence-corrected chi connectivity index (χ2v) is 7.74. The Balaban J connectivity index is 1.47. The normalized spacial score (nSPS) is 22.8. The first-order chi connectivity index (χ1) is 11.3. The lowest BCUT2D eigenvalue weighted by Crippen LogP contribution is -2.32. The van der Waals surface area contributed by atoms with Crippen LogP contribution in [0.15, 0.2) is 16.8 Å². The summed E-state index contributed by atoms with van der Waals surface area (Å²) in [4.78, 5) is 11.0. The molecule has 0 bridgehead atoms. The molecule has 0 spiro atoms. The zero-order valence-electron chi connectivity index (χ0n) is 13.7. The standard InChI is InChI=1S/C17H24N4OS/c1-13-10-15(19-22-13)16-6-2-3-9-21(16)12-14-11-18-17(23-14)20-7-4-5-8-20/h10-11,16H,2-9,12H2,1H3. The van der Waals surface area contributed by atoms with E-state index >= 15 is 0 Å². The fourth-order valence-electron chi connectivity index (χ4n) is 3.68. The maximum absolute atomic E-state index is 5.29. The molecule has 2 aromatic rings. The van der Waals surface area contributed by atoms with E-state index in [-0.39, 0.29) is 0 Å². The molecule has 2 saturated heterocycles. The maximum Gasteiger partial charge on any atom is 0.185 e. The molecule has 6 heteroatoms. The summed E-state index contributed by atoms with van der Waals surface area (Å²) in [5.41, 5.74) is 1.09. The smallest absolute Gasteiger partial charge is 0.185 e. The molecular formula is C17H24N4OS. The first-order valence-corrected chi connectivity index (χ1v) is 9.48. The van der Waals surface area contributed by atoms with Crippen molar-refractivity contribution in [3.63, 3.8) is 0 Å². The summed E-state index contributed by atoms with van der Waals surface area (Å²) >= 11 is 1.86. The predicted octanol–water partition coefficient (Wildman–Crippen LogP) is 3.77. The molecule has 2 aliphatic rings.